The van der Waals surface area contributed by atoms with Crippen LogP contribution >= 0.6 is 0 Å². The highest BCUT2D eigenvalue weighted by Gasteiger charge is 2.18. The molecule has 1 aromatic carbocycles. The van der Waals surface area contributed by atoms with Crippen LogP contribution < -0.4 is 0 Å². The van der Waals surface area contributed by atoms with Gasteiger partial charge in [0.25, 0.3) is 0 Å². The molecule has 1 aromatic rings. The molecular weight excluding hydrogens is 286 g/mol. The fraction of sp³-hybridized carbons (Fsp3) is 0.632. The lowest BCUT2D eigenvalue weighted by Gasteiger charge is -2.27. The second-order valence-corrected chi connectivity index (χ2v) is 6.95. The SMILES string of the molecule is Cc1ccccc1[C@@H](C)CC(=O)N(CCN(C)C)CCN(C)C. The van der Waals surface area contributed by atoms with E-state index in [2.05, 4.69) is 41.8 Å². The van der Waals surface area contributed by atoms with Crippen molar-refractivity contribution in [3.63, 3.8) is 0 Å². The van der Waals surface area contributed by atoms with E-state index in [1.54, 1.807) is 0 Å². The monoisotopic (exact) mass is 319 g/mol. The van der Waals surface area contributed by atoms with Gasteiger partial charge >= 0.3 is 0 Å². The van der Waals surface area contributed by atoms with Crippen molar-refractivity contribution in [1.82, 2.24) is 14.7 Å². The lowest BCUT2D eigenvalue weighted by atomic mass is 9.93. The van der Waals surface area contributed by atoms with Crippen molar-refractivity contribution >= 4 is 5.91 Å². The first-order chi connectivity index (χ1) is 10.8. The molecule has 0 saturated carbocycles. The first kappa shape index (κ1) is 19.7. The van der Waals surface area contributed by atoms with E-state index < -0.39 is 0 Å². The summed E-state index contributed by atoms with van der Waals surface area (Å²) in [5, 5.41) is 0. The molecule has 0 aromatic heterocycles. The number of aryl methyl sites for hydroxylation is 1. The van der Waals surface area contributed by atoms with Gasteiger partial charge in [-0.3, -0.25) is 4.79 Å². The lowest BCUT2D eigenvalue weighted by Crippen LogP contribution is -2.40. The van der Waals surface area contributed by atoms with Gasteiger partial charge in [0.05, 0.1) is 0 Å². The smallest absolute Gasteiger partial charge is 0.223 e. The Bertz CT molecular complexity index is 473. The largest absolute Gasteiger partial charge is 0.340 e. The van der Waals surface area contributed by atoms with Crippen LogP contribution in [0.15, 0.2) is 24.3 Å². The highest BCUT2D eigenvalue weighted by molar-refractivity contribution is 5.77. The molecule has 0 unspecified atom stereocenters. The van der Waals surface area contributed by atoms with Gasteiger partial charge in [-0.15, -0.1) is 0 Å². The van der Waals surface area contributed by atoms with Gasteiger partial charge in [0.15, 0.2) is 0 Å². The number of likely N-dealkylation sites (N-methyl/N-ethyl adjacent to an activating group) is 2. The van der Waals surface area contributed by atoms with E-state index in [1.165, 1.54) is 11.1 Å². The number of nitrogens with zero attached hydrogens (tertiary/aromatic N) is 3. The van der Waals surface area contributed by atoms with Gasteiger partial charge in [-0.2, -0.15) is 0 Å². The van der Waals surface area contributed by atoms with Crippen LogP contribution in [0.3, 0.4) is 0 Å². The van der Waals surface area contributed by atoms with Crippen LogP contribution in [0.2, 0.25) is 0 Å². The highest BCUT2D eigenvalue weighted by Crippen LogP contribution is 2.23. The standard InChI is InChI=1S/C19H33N3O/c1-16-9-7-8-10-18(16)17(2)15-19(23)22(13-11-20(3)4)14-12-21(5)6/h7-10,17H,11-15H2,1-6H3/t17-/m0/s1. The first-order valence-electron chi connectivity index (χ1n) is 8.44. The minimum atomic E-state index is 0.254. The average molecular weight is 319 g/mol. The molecule has 0 spiro atoms. The molecule has 1 rings (SSSR count). The molecule has 0 fully saturated rings. The summed E-state index contributed by atoms with van der Waals surface area (Å²) in [4.78, 5) is 19.0. The molecule has 0 aliphatic heterocycles. The molecule has 1 amide bonds. The number of carbonyl (C=O) groups excluding carboxylic acids is 1. The summed E-state index contributed by atoms with van der Waals surface area (Å²) in [6.45, 7) is 7.65. The molecule has 130 valence electrons. The summed E-state index contributed by atoms with van der Waals surface area (Å²) in [5.74, 6) is 0.509. The summed E-state index contributed by atoms with van der Waals surface area (Å²) < 4.78 is 0. The van der Waals surface area contributed by atoms with Crippen LogP contribution in [0.5, 0.6) is 0 Å². The van der Waals surface area contributed by atoms with Gasteiger partial charge in [0.2, 0.25) is 5.91 Å². The third-order valence-electron chi connectivity index (χ3n) is 4.19. The predicted octanol–water partition coefficient (Wildman–Crippen LogP) is 2.44. The minimum absolute atomic E-state index is 0.254. The molecule has 1 atom stereocenters. The molecule has 0 saturated heterocycles. The van der Waals surface area contributed by atoms with Gasteiger partial charge in [0.1, 0.15) is 0 Å². The maximum atomic E-state index is 12.8. The predicted molar refractivity (Wildman–Crippen MR) is 97.9 cm³/mol. The molecule has 0 radical (unpaired) electrons. The van der Waals surface area contributed by atoms with E-state index in [0.717, 1.165) is 26.2 Å². The summed E-state index contributed by atoms with van der Waals surface area (Å²) in [6, 6.07) is 8.36. The second kappa shape index (κ2) is 9.68. The van der Waals surface area contributed by atoms with Crippen molar-refractivity contribution < 1.29 is 4.79 Å². The van der Waals surface area contributed by atoms with E-state index in [1.807, 2.05) is 39.2 Å². The molecule has 4 nitrogen and oxygen atoms in total. The number of hydrogen-bond acceptors (Lipinski definition) is 3. The van der Waals surface area contributed by atoms with Crippen molar-refractivity contribution in [2.24, 2.45) is 0 Å². The Morgan fingerprint density at radius 1 is 0.957 bits per heavy atom. The number of hydrogen-bond donors (Lipinski definition) is 0. The number of benzene rings is 1. The maximum absolute atomic E-state index is 12.8. The molecule has 0 aliphatic carbocycles. The van der Waals surface area contributed by atoms with Gasteiger partial charge < -0.3 is 14.7 Å². The quantitative estimate of drug-likeness (QED) is 0.699. The van der Waals surface area contributed by atoms with E-state index in [0.29, 0.717) is 6.42 Å². The van der Waals surface area contributed by atoms with Crippen LogP contribution in [-0.4, -0.2) is 75.0 Å². The Kier molecular flexibility index (Phi) is 8.28. The Labute approximate surface area is 142 Å². The summed E-state index contributed by atoms with van der Waals surface area (Å²) in [7, 11) is 8.18. The molecule has 0 aliphatic rings. The van der Waals surface area contributed by atoms with Crippen molar-refractivity contribution in [2.75, 3.05) is 54.4 Å². The first-order valence-corrected chi connectivity index (χ1v) is 8.44. The molecular formula is C19H33N3O. The second-order valence-electron chi connectivity index (χ2n) is 6.95. The zero-order valence-electron chi connectivity index (χ0n) is 15.7. The number of amides is 1. The van der Waals surface area contributed by atoms with Crippen LogP contribution in [0.1, 0.15) is 30.4 Å². The average Bonchev–Trinajstić information content (AvgIpc) is 2.46. The summed E-state index contributed by atoms with van der Waals surface area (Å²) >= 11 is 0. The van der Waals surface area contributed by atoms with Gasteiger partial charge in [-0.25, -0.2) is 0 Å². The Hall–Kier alpha value is -1.39. The van der Waals surface area contributed by atoms with E-state index in [-0.39, 0.29) is 11.8 Å². The van der Waals surface area contributed by atoms with Crippen LogP contribution in [0.4, 0.5) is 0 Å². The fourth-order valence-electron chi connectivity index (χ4n) is 2.64. The highest BCUT2D eigenvalue weighted by atomic mass is 16.2. The van der Waals surface area contributed by atoms with Crippen LogP contribution in [0, 0.1) is 6.92 Å². The third kappa shape index (κ3) is 7.14. The zero-order chi connectivity index (χ0) is 17.4. The lowest BCUT2D eigenvalue weighted by molar-refractivity contribution is -0.131. The third-order valence-corrected chi connectivity index (χ3v) is 4.19. The zero-order valence-corrected chi connectivity index (χ0v) is 15.7. The summed E-state index contributed by atoms with van der Waals surface area (Å²) in [5.41, 5.74) is 2.54. The molecule has 0 bridgehead atoms. The fourth-order valence-corrected chi connectivity index (χ4v) is 2.64. The number of carbonyl (C=O) groups is 1. The minimum Gasteiger partial charge on any atom is -0.340 e. The van der Waals surface area contributed by atoms with Crippen molar-refractivity contribution in [3.05, 3.63) is 35.4 Å². The normalized spacial score (nSPS) is 12.7. The Morgan fingerprint density at radius 2 is 1.48 bits per heavy atom. The van der Waals surface area contributed by atoms with E-state index >= 15 is 0 Å². The maximum Gasteiger partial charge on any atom is 0.223 e. The van der Waals surface area contributed by atoms with Crippen molar-refractivity contribution in [1.29, 1.82) is 0 Å². The molecule has 23 heavy (non-hydrogen) atoms. The summed E-state index contributed by atoms with van der Waals surface area (Å²) in [6.07, 6.45) is 0.575. The molecule has 0 heterocycles. The van der Waals surface area contributed by atoms with Gasteiger partial charge in [-0.1, -0.05) is 31.2 Å². The van der Waals surface area contributed by atoms with E-state index in [9.17, 15) is 4.79 Å². The van der Waals surface area contributed by atoms with Crippen LogP contribution in [-0.2, 0) is 4.79 Å². The van der Waals surface area contributed by atoms with E-state index in [4.69, 9.17) is 0 Å². The Balaban J connectivity index is 2.69. The molecule has 4 heteroatoms. The van der Waals surface area contributed by atoms with Crippen molar-refractivity contribution in [3.8, 4) is 0 Å². The van der Waals surface area contributed by atoms with Crippen LogP contribution in [0.25, 0.3) is 0 Å². The topological polar surface area (TPSA) is 26.8 Å². The van der Waals surface area contributed by atoms with Gasteiger partial charge in [0, 0.05) is 32.6 Å². The molecule has 0 N–H and O–H groups in total. The van der Waals surface area contributed by atoms with Crippen molar-refractivity contribution in [2.45, 2.75) is 26.2 Å². The van der Waals surface area contributed by atoms with Gasteiger partial charge in [-0.05, 0) is 52.2 Å². The number of rotatable bonds is 9. The Morgan fingerprint density at radius 3 is 1.96 bits per heavy atom.